The summed E-state index contributed by atoms with van der Waals surface area (Å²) in [6.07, 6.45) is 7.08. The van der Waals surface area contributed by atoms with E-state index in [1.807, 2.05) is 0 Å². The fourth-order valence-electron chi connectivity index (χ4n) is 3.70. The van der Waals surface area contributed by atoms with Crippen molar-refractivity contribution in [3.8, 4) is 0 Å². The van der Waals surface area contributed by atoms with E-state index in [4.69, 9.17) is 4.74 Å². The smallest absolute Gasteiger partial charge is 0.220 e. The molecule has 3 rings (SSSR count). The van der Waals surface area contributed by atoms with Crippen LogP contribution in [-0.4, -0.2) is 37.1 Å². The van der Waals surface area contributed by atoms with Crippen LogP contribution in [0.4, 0.5) is 0 Å². The van der Waals surface area contributed by atoms with Crippen molar-refractivity contribution in [3.63, 3.8) is 0 Å². The highest BCUT2D eigenvalue weighted by Crippen LogP contribution is 2.28. The maximum atomic E-state index is 12.0. The van der Waals surface area contributed by atoms with E-state index in [1.54, 1.807) is 0 Å². The summed E-state index contributed by atoms with van der Waals surface area (Å²) in [5.41, 5.74) is 2.50. The molecule has 1 aliphatic carbocycles. The van der Waals surface area contributed by atoms with Crippen molar-refractivity contribution in [2.75, 3.05) is 26.3 Å². The Kier molecular flexibility index (Phi) is 6.67. The molecule has 2 aliphatic rings. The van der Waals surface area contributed by atoms with Crippen LogP contribution in [0.5, 0.6) is 0 Å². The number of morpholine rings is 1. The Balaban J connectivity index is 1.36. The van der Waals surface area contributed by atoms with Gasteiger partial charge in [-0.1, -0.05) is 49.9 Å². The van der Waals surface area contributed by atoms with Crippen molar-refractivity contribution < 1.29 is 9.53 Å². The molecule has 0 atom stereocenters. The van der Waals surface area contributed by atoms with Crippen molar-refractivity contribution >= 4 is 5.91 Å². The first-order valence-electron chi connectivity index (χ1n) is 9.44. The lowest BCUT2D eigenvalue weighted by molar-refractivity contribution is -0.121. The standard InChI is InChI=1S/C20H30N2O2/c23-20(10-9-17-3-1-2-4-17)21-15-18-5-7-19(8-6-18)16-22-11-13-24-14-12-22/h5-8,17H,1-4,9-16H2,(H,21,23). The molecule has 1 aromatic carbocycles. The van der Waals surface area contributed by atoms with Crippen LogP contribution >= 0.6 is 0 Å². The number of hydrogen-bond acceptors (Lipinski definition) is 3. The van der Waals surface area contributed by atoms with Gasteiger partial charge in [-0.25, -0.2) is 0 Å². The van der Waals surface area contributed by atoms with Gasteiger partial charge in [-0.2, -0.15) is 0 Å². The number of carbonyl (C=O) groups is 1. The molecule has 4 heteroatoms. The summed E-state index contributed by atoms with van der Waals surface area (Å²) >= 11 is 0. The Morgan fingerprint density at radius 3 is 2.46 bits per heavy atom. The molecule has 0 aromatic heterocycles. The zero-order chi connectivity index (χ0) is 16.6. The lowest BCUT2D eigenvalue weighted by atomic mass is 10.0. The number of hydrogen-bond donors (Lipinski definition) is 1. The normalized spacial score (nSPS) is 19.5. The van der Waals surface area contributed by atoms with Gasteiger partial charge in [0.2, 0.25) is 5.91 Å². The Morgan fingerprint density at radius 1 is 1.08 bits per heavy atom. The summed E-state index contributed by atoms with van der Waals surface area (Å²) in [6.45, 7) is 5.33. The highest BCUT2D eigenvalue weighted by atomic mass is 16.5. The Bertz CT molecular complexity index is 503. The van der Waals surface area contributed by atoms with E-state index < -0.39 is 0 Å². The molecule has 1 saturated heterocycles. The van der Waals surface area contributed by atoms with Gasteiger partial charge >= 0.3 is 0 Å². The topological polar surface area (TPSA) is 41.6 Å². The van der Waals surface area contributed by atoms with Gasteiger partial charge in [-0.05, 0) is 23.5 Å². The lowest BCUT2D eigenvalue weighted by Crippen LogP contribution is -2.35. The third-order valence-electron chi connectivity index (χ3n) is 5.28. The number of ether oxygens (including phenoxy) is 1. The number of nitrogens with zero attached hydrogens (tertiary/aromatic N) is 1. The predicted molar refractivity (Wildman–Crippen MR) is 95.6 cm³/mol. The van der Waals surface area contributed by atoms with Crippen LogP contribution in [0, 0.1) is 5.92 Å². The van der Waals surface area contributed by atoms with Crippen molar-refractivity contribution in [2.24, 2.45) is 5.92 Å². The summed E-state index contributed by atoms with van der Waals surface area (Å²) in [7, 11) is 0. The summed E-state index contributed by atoms with van der Waals surface area (Å²) in [4.78, 5) is 14.4. The molecule has 0 radical (unpaired) electrons. The number of rotatable bonds is 7. The monoisotopic (exact) mass is 330 g/mol. The van der Waals surface area contributed by atoms with Crippen LogP contribution in [0.25, 0.3) is 0 Å². The first-order chi connectivity index (χ1) is 11.8. The molecule has 1 aliphatic heterocycles. The van der Waals surface area contributed by atoms with Crippen molar-refractivity contribution in [2.45, 2.75) is 51.6 Å². The van der Waals surface area contributed by atoms with Crippen LogP contribution in [-0.2, 0) is 22.6 Å². The number of carbonyl (C=O) groups excluding carboxylic acids is 1. The lowest BCUT2D eigenvalue weighted by Gasteiger charge is -2.26. The molecule has 2 fully saturated rings. The molecule has 0 spiro atoms. The molecule has 24 heavy (non-hydrogen) atoms. The van der Waals surface area contributed by atoms with E-state index in [0.717, 1.165) is 45.2 Å². The number of benzene rings is 1. The maximum Gasteiger partial charge on any atom is 0.220 e. The Labute approximate surface area is 145 Å². The van der Waals surface area contributed by atoms with Crippen LogP contribution in [0.2, 0.25) is 0 Å². The Hall–Kier alpha value is -1.39. The van der Waals surface area contributed by atoms with Crippen molar-refractivity contribution in [3.05, 3.63) is 35.4 Å². The summed E-state index contributed by atoms with van der Waals surface area (Å²) in [5, 5.41) is 3.06. The van der Waals surface area contributed by atoms with E-state index >= 15 is 0 Å². The molecule has 1 saturated carbocycles. The van der Waals surface area contributed by atoms with Gasteiger partial charge in [0.25, 0.3) is 0 Å². The quantitative estimate of drug-likeness (QED) is 0.835. The van der Waals surface area contributed by atoms with Crippen LogP contribution in [0.3, 0.4) is 0 Å². The zero-order valence-corrected chi connectivity index (χ0v) is 14.6. The second kappa shape index (κ2) is 9.19. The van der Waals surface area contributed by atoms with Crippen molar-refractivity contribution in [1.29, 1.82) is 0 Å². The fourth-order valence-corrected chi connectivity index (χ4v) is 3.70. The molecule has 0 bridgehead atoms. The van der Waals surface area contributed by atoms with Crippen LogP contribution in [0.15, 0.2) is 24.3 Å². The molecule has 1 N–H and O–H groups in total. The fraction of sp³-hybridized carbons (Fsp3) is 0.650. The van der Waals surface area contributed by atoms with Crippen molar-refractivity contribution in [1.82, 2.24) is 10.2 Å². The first kappa shape index (κ1) is 17.4. The van der Waals surface area contributed by atoms with E-state index in [0.29, 0.717) is 13.0 Å². The van der Waals surface area contributed by atoms with Gasteiger partial charge in [0, 0.05) is 32.6 Å². The minimum absolute atomic E-state index is 0.194. The summed E-state index contributed by atoms with van der Waals surface area (Å²) < 4.78 is 5.38. The highest BCUT2D eigenvalue weighted by molar-refractivity contribution is 5.75. The molecular formula is C20H30N2O2. The zero-order valence-electron chi connectivity index (χ0n) is 14.6. The minimum atomic E-state index is 0.194. The van der Waals surface area contributed by atoms with Gasteiger partial charge in [-0.15, -0.1) is 0 Å². The molecule has 1 aromatic rings. The van der Waals surface area contributed by atoms with Crippen LogP contribution in [0.1, 0.15) is 49.7 Å². The van der Waals surface area contributed by atoms with E-state index in [1.165, 1.54) is 36.8 Å². The molecular weight excluding hydrogens is 300 g/mol. The Morgan fingerprint density at radius 2 is 1.75 bits per heavy atom. The first-order valence-corrected chi connectivity index (χ1v) is 9.44. The summed E-state index contributed by atoms with van der Waals surface area (Å²) in [6, 6.07) is 8.62. The number of nitrogens with one attached hydrogen (secondary N) is 1. The van der Waals surface area contributed by atoms with Gasteiger partial charge in [0.15, 0.2) is 0 Å². The maximum absolute atomic E-state index is 12.0. The summed E-state index contributed by atoms with van der Waals surface area (Å²) in [5.74, 6) is 0.981. The molecule has 0 unspecified atom stereocenters. The van der Waals surface area contributed by atoms with Gasteiger partial charge in [-0.3, -0.25) is 9.69 Å². The molecule has 1 amide bonds. The third-order valence-corrected chi connectivity index (χ3v) is 5.28. The second-order valence-electron chi connectivity index (χ2n) is 7.17. The molecule has 132 valence electrons. The largest absolute Gasteiger partial charge is 0.379 e. The minimum Gasteiger partial charge on any atom is -0.379 e. The van der Waals surface area contributed by atoms with E-state index in [-0.39, 0.29) is 5.91 Å². The van der Waals surface area contributed by atoms with Gasteiger partial charge < -0.3 is 10.1 Å². The average Bonchev–Trinajstić information content (AvgIpc) is 3.14. The molecule has 1 heterocycles. The second-order valence-corrected chi connectivity index (χ2v) is 7.17. The molecule has 4 nitrogen and oxygen atoms in total. The predicted octanol–water partition coefficient (Wildman–Crippen LogP) is 3.11. The van der Waals surface area contributed by atoms with Gasteiger partial charge in [0.05, 0.1) is 13.2 Å². The van der Waals surface area contributed by atoms with E-state index in [2.05, 4.69) is 34.5 Å². The average molecular weight is 330 g/mol. The van der Waals surface area contributed by atoms with Gasteiger partial charge in [0.1, 0.15) is 0 Å². The van der Waals surface area contributed by atoms with E-state index in [9.17, 15) is 4.79 Å². The highest BCUT2D eigenvalue weighted by Gasteiger charge is 2.16. The van der Waals surface area contributed by atoms with Crippen LogP contribution < -0.4 is 5.32 Å². The number of amides is 1. The third kappa shape index (κ3) is 5.60. The SMILES string of the molecule is O=C(CCC1CCCC1)NCc1ccc(CN2CCOCC2)cc1.